The Labute approximate surface area is 83.3 Å². The summed E-state index contributed by atoms with van der Waals surface area (Å²) in [5.74, 6) is 0. The van der Waals surface area contributed by atoms with E-state index >= 15 is 0 Å². The monoisotopic (exact) mass is 196 g/mol. The second-order valence-corrected chi connectivity index (χ2v) is 3.67. The number of anilines is 2. The summed E-state index contributed by atoms with van der Waals surface area (Å²) in [6, 6.07) is 1.26. The molecular weight excluding hydrogens is 180 g/mol. The molecule has 78 valence electrons. The minimum atomic E-state index is 0.153. The summed E-state index contributed by atoms with van der Waals surface area (Å²) in [4.78, 5) is 2.17. The summed E-state index contributed by atoms with van der Waals surface area (Å²) < 4.78 is 5.24. The number of hydrogen-bond acceptors (Lipinski definition) is 5. The number of aromatic nitrogens is 2. The fourth-order valence-corrected chi connectivity index (χ4v) is 2.02. The largest absolute Gasteiger partial charge is 0.390 e. The molecule has 1 aromatic heterocycles. The van der Waals surface area contributed by atoms with Crippen LogP contribution in [0, 0.1) is 0 Å². The van der Waals surface area contributed by atoms with Crippen LogP contribution < -0.4 is 10.6 Å². The topological polar surface area (TPSA) is 68.2 Å². The van der Waals surface area contributed by atoms with Crippen LogP contribution in [0.25, 0.3) is 0 Å². The second-order valence-electron chi connectivity index (χ2n) is 3.67. The van der Waals surface area contributed by atoms with Gasteiger partial charge in [-0.05, 0) is 25.7 Å². The first-order valence-corrected chi connectivity index (χ1v) is 5.17. The third kappa shape index (κ3) is 1.66. The molecular formula is C9H16N4O. The van der Waals surface area contributed by atoms with Gasteiger partial charge in [-0.15, -0.1) is 0 Å². The Morgan fingerprint density at radius 2 is 2.36 bits per heavy atom. The molecule has 0 saturated carbocycles. The molecule has 0 spiro atoms. The number of hydrogen-bond donors (Lipinski definition) is 1. The molecule has 2 rings (SSSR count). The lowest BCUT2D eigenvalue weighted by molar-refractivity contribution is 0.413. The Bertz CT molecular complexity index is 299. The van der Waals surface area contributed by atoms with E-state index in [0.717, 1.165) is 13.0 Å². The van der Waals surface area contributed by atoms with E-state index < -0.39 is 0 Å². The average molecular weight is 196 g/mol. The first kappa shape index (κ1) is 9.30. The Morgan fingerprint density at radius 3 is 3.00 bits per heavy atom. The smallest absolute Gasteiger partial charge is 0.319 e. The highest BCUT2D eigenvalue weighted by atomic mass is 16.4. The Hall–Kier alpha value is -1.26. The standard InChI is InChI=1S/C9H16N4O/c1-2-7-5-3-4-6-13(7)9-12-11-8(10)14-9/h7H,2-6H2,1H3,(H2,10,11). The number of nitrogens with two attached hydrogens (primary N) is 1. The molecule has 0 bridgehead atoms. The molecule has 1 unspecified atom stereocenters. The molecule has 0 amide bonds. The van der Waals surface area contributed by atoms with Gasteiger partial charge in [0, 0.05) is 12.6 Å². The van der Waals surface area contributed by atoms with Crippen molar-refractivity contribution >= 4 is 12.0 Å². The number of nitrogens with zero attached hydrogens (tertiary/aromatic N) is 3. The minimum absolute atomic E-state index is 0.153. The van der Waals surface area contributed by atoms with Crippen LogP contribution in [0.3, 0.4) is 0 Å². The summed E-state index contributed by atoms with van der Waals surface area (Å²) >= 11 is 0. The second kappa shape index (κ2) is 3.86. The van der Waals surface area contributed by atoms with E-state index in [4.69, 9.17) is 10.2 Å². The molecule has 0 aliphatic carbocycles. The summed E-state index contributed by atoms with van der Waals surface area (Å²) in [5.41, 5.74) is 5.41. The average Bonchev–Trinajstić information content (AvgIpc) is 2.65. The maximum Gasteiger partial charge on any atom is 0.319 e. The van der Waals surface area contributed by atoms with Crippen LogP contribution in [-0.2, 0) is 0 Å². The molecule has 5 heteroatoms. The van der Waals surface area contributed by atoms with Crippen LogP contribution in [-0.4, -0.2) is 22.8 Å². The number of nitrogen functional groups attached to an aromatic ring is 1. The lowest BCUT2D eigenvalue weighted by atomic mass is 10.0. The zero-order valence-corrected chi connectivity index (χ0v) is 8.44. The first-order chi connectivity index (χ1) is 6.81. The van der Waals surface area contributed by atoms with Crippen LogP contribution in [0.5, 0.6) is 0 Å². The van der Waals surface area contributed by atoms with Crippen LogP contribution >= 0.6 is 0 Å². The van der Waals surface area contributed by atoms with Crippen molar-refractivity contribution in [3.63, 3.8) is 0 Å². The van der Waals surface area contributed by atoms with Crippen molar-refractivity contribution in [1.82, 2.24) is 10.2 Å². The van der Waals surface area contributed by atoms with E-state index in [-0.39, 0.29) is 6.01 Å². The number of piperidine rings is 1. The van der Waals surface area contributed by atoms with Crippen molar-refractivity contribution in [1.29, 1.82) is 0 Å². The van der Waals surface area contributed by atoms with E-state index in [9.17, 15) is 0 Å². The van der Waals surface area contributed by atoms with Gasteiger partial charge < -0.3 is 15.1 Å². The third-order valence-corrected chi connectivity index (χ3v) is 2.77. The molecule has 2 heterocycles. The van der Waals surface area contributed by atoms with E-state index in [0.29, 0.717) is 12.1 Å². The van der Waals surface area contributed by atoms with E-state index in [2.05, 4.69) is 22.0 Å². The zero-order chi connectivity index (χ0) is 9.97. The van der Waals surface area contributed by atoms with Gasteiger partial charge >= 0.3 is 12.0 Å². The van der Waals surface area contributed by atoms with Crippen LogP contribution in [0.2, 0.25) is 0 Å². The summed E-state index contributed by atoms with van der Waals surface area (Å²) in [6.07, 6.45) is 4.80. The van der Waals surface area contributed by atoms with Gasteiger partial charge in [0.1, 0.15) is 0 Å². The van der Waals surface area contributed by atoms with E-state index in [1.165, 1.54) is 19.3 Å². The highest BCUT2D eigenvalue weighted by Crippen LogP contribution is 2.25. The van der Waals surface area contributed by atoms with Gasteiger partial charge in [-0.1, -0.05) is 17.1 Å². The normalized spacial score (nSPS) is 22.6. The lowest BCUT2D eigenvalue weighted by Gasteiger charge is -2.33. The molecule has 0 aromatic carbocycles. The van der Waals surface area contributed by atoms with Crippen molar-refractivity contribution in [3.8, 4) is 0 Å². The quantitative estimate of drug-likeness (QED) is 0.774. The zero-order valence-electron chi connectivity index (χ0n) is 8.44. The highest BCUT2D eigenvalue weighted by Gasteiger charge is 2.24. The molecule has 2 N–H and O–H groups in total. The summed E-state index contributed by atoms with van der Waals surface area (Å²) in [7, 11) is 0. The van der Waals surface area contributed by atoms with Crippen molar-refractivity contribution < 1.29 is 4.42 Å². The Morgan fingerprint density at radius 1 is 1.50 bits per heavy atom. The summed E-state index contributed by atoms with van der Waals surface area (Å²) in [6.45, 7) is 3.18. The highest BCUT2D eigenvalue weighted by molar-refractivity contribution is 5.30. The Kier molecular flexibility index (Phi) is 2.56. The molecule has 1 aliphatic rings. The van der Waals surface area contributed by atoms with Crippen LogP contribution in [0.15, 0.2) is 4.42 Å². The third-order valence-electron chi connectivity index (χ3n) is 2.77. The fraction of sp³-hybridized carbons (Fsp3) is 0.778. The van der Waals surface area contributed by atoms with E-state index in [1.807, 2.05) is 0 Å². The molecule has 1 atom stereocenters. The van der Waals surface area contributed by atoms with Gasteiger partial charge in [-0.3, -0.25) is 0 Å². The number of rotatable bonds is 2. The molecule has 1 aromatic rings. The van der Waals surface area contributed by atoms with Gasteiger partial charge in [0.15, 0.2) is 0 Å². The van der Waals surface area contributed by atoms with Crippen molar-refractivity contribution in [2.75, 3.05) is 17.2 Å². The maximum absolute atomic E-state index is 5.41. The van der Waals surface area contributed by atoms with Crippen molar-refractivity contribution in [3.05, 3.63) is 0 Å². The van der Waals surface area contributed by atoms with E-state index in [1.54, 1.807) is 0 Å². The molecule has 0 radical (unpaired) electrons. The molecule has 1 saturated heterocycles. The SMILES string of the molecule is CCC1CCCCN1c1nnc(N)o1. The van der Waals surface area contributed by atoms with Crippen LogP contribution in [0.1, 0.15) is 32.6 Å². The van der Waals surface area contributed by atoms with Crippen molar-refractivity contribution in [2.24, 2.45) is 0 Å². The van der Waals surface area contributed by atoms with Gasteiger partial charge in [0.05, 0.1) is 0 Å². The van der Waals surface area contributed by atoms with Gasteiger partial charge in [-0.25, -0.2) is 0 Å². The van der Waals surface area contributed by atoms with Crippen LogP contribution in [0.4, 0.5) is 12.0 Å². The Balaban J connectivity index is 2.14. The van der Waals surface area contributed by atoms with Crippen molar-refractivity contribution in [2.45, 2.75) is 38.6 Å². The predicted molar refractivity (Wildman–Crippen MR) is 54.0 cm³/mol. The lowest BCUT2D eigenvalue weighted by Crippen LogP contribution is -2.39. The molecule has 1 fully saturated rings. The van der Waals surface area contributed by atoms with Gasteiger partial charge in [0.2, 0.25) is 0 Å². The first-order valence-electron chi connectivity index (χ1n) is 5.17. The maximum atomic E-state index is 5.41. The van der Waals surface area contributed by atoms with Gasteiger partial charge in [0.25, 0.3) is 0 Å². The summed E-state index contributed by atoms with van der Waals surface area (Å²) in [5, 5.41) is 7.60. The molecule has 1 aliphatic heterocycles. The van der Waals surface area contributed by atoms with Gasteiger partial charge in [-0.2, -0.15) is 0 Å². The molecule has 14 heavy (non-hydrogen) atoms. The molecule has 5 nitrogen and oxygen atoms in total. The fourth-order valence-electron chi connectivity index (χ4n) is 2.02. The predicted octanol–water partition coefficient (Wildman–Crippen LogP) is 1.42. The minimum Gasteiger partial charge on any atom is -0.390 e.